The smallest absolute Gasteiger partial charge is 0.242 e. The maximum atomic E-state index is 11.7. The number of hydrogen-bond donors (Lipinski definition) is 2. The van der Waals surface area contributed by atoms with Crippen molar-refractivity contribution < 1.29 is 9.53 Å². The van der Waals surface area contributed by atoms with E-state index in [-0.39, 0.29) is 11.9 Å². The van der Waals surface area contributed by atoms with Gasteiger partial charge in [0, 0.05) is 12.2 Å². The molecule has 0 saturated heterocycles. The molecule has 0 aliphatic carbocycles. The highest BCUT2D eigenvalue weighted by Gasteiger charge is 2.12. The molecule has 1 unspecified atom stereocenters. The largest absolute Gasteiger partial charge is 0.496 e. The van der Waals surface area contributed by atoms with Crippen LogP contribution in [-0.4, -0.2) is 25.6 Å². The Morgan fingerprint density at radius 1 is 1.61 bits per heavy atom. The van der Waals surface area contributed by atoms with Gasteiger partial charge in [0.15, 0.2) is 0 Å². The predicted octanol–water partition coefficient (Wildman–Crippen LogP) is 2.56. The summed E-state index contributed by atoms with van der Waals surface area (Å²) in [5, 5.41) is 5.84. The van der Waals surface area contributed by atoms with E-state index >= 15 is 0 Å². The fourth-order valence-electron chi connectivity index (χ4n) is 1.40. The number of nitrogens with one attached hydrogen (secondary N) is 2. The number of ether oxygens (including phenoxy) is 1. The molecule has 0 fully saturated rings. The average Bonchev–Trinajstić information content (AvgIpc) is 2.36. The Morgan fingerprint density at radius 2 is 2.33 bits per heavy atom. The highest BCUT2D eigenvalue weighted by molar-refractivity contribution is 9.10. The van der Waals surface area contributed by atoms with E-state index in [0.717, 1.165) is 15.9 Å². The monoisotopic (exact) mass is 312 g/mol. The van der Waals surface area contributed by atoms with Crippen LogP contribution in [0.2, 0.25) is 0 Å². The quantitative estimate of drug-likeness (QED) is 0.794. The number of halogens is 1. The van der Waals surface area contributed by atoms with Gasteiger partial charge < -0.3 is 15.4 Å². The van der Waals surface area contributed by atoms with Crippen molar-refractivity contribution in [3.8, 4) is 5.75 Å². The molecule has 0 aliphatic heterocycles. The predicted molar refractivity (Wildman–Crippen MR) is 77.0 cm³/mol. The molecule has 0 heterocycles. The zero-order valence-electron chi connectivity index (χ0n) is 10.5. The molecule has 2 N–H and O–H groups in total. The van der Waals surface area contributed by atoms with Gasteiger partial charge in [-0.2, -0.15) is 0 Å². The van der Waals surface area contributed by atoms with E-state index in [0.29, 0.717) is 6.54 Å². The lowest BCUT2D eigenvalue weighted by Crippen LogP contribution is -2.37. The first kappa shape index (κ1) is 14.6. The van der Waals surface area contributed by atoms with Crippen LogP contribution in [-0.2, 0) is 4.79 Å². The summed E-state index contributed by atoms with van der Waals surface area (Å²) in [5.74, 6) is 0.686. The molecule has 0 aromatic heterocycles. The summed E-state index contributed by atoms with van der Waals surface area (Å²) >= 11 is 3.40. The summed E-state index contributed by atoms with van der Waals surface area (Å²) in [6.07, 6.45) is 1.65. The summed E-state index contributed by atoms with van der Waals surface area (Å²) < 4.78 is 5.98. The molecule has 1 aromatic carbocycles. The third-order valence-corrected chi connectivity index (χ3v) is 2.97. The fourth-order valence-corrected chi connectivity index (χ4v) is 1.94. The van der Waals surface area contributed by atoms with Gasteiger partial charge in [-0.25, -0.2) is 0 Å². The average molecular weight is 313 g/mol. The van der Waals surface area contributed by atoms with Crippen LogP contribution in [0.3, 0.4) is 0 Å². The van der Waals surface area contributed by atoms with Crippen molar-refractivity contribution in [2.75, 3.05) is 19.0 Å². The van der Waals surface area contributed by atoms with E-state index in [1.807, 2.05) is 18.2 Å². The van der Waals surface area contributed by atoms with Crippen molar-refractivity contribution in [1.82, 2.24) is 5.32 Å². The lowest BCUT2D eigenvalue weighted by molar-refractivity contribution is -0.121. The standard InChI is InChI=1S/C13H17BrN2O2/c1-4-7-15-13(17)9(2)16-10-5-6-12(18-3)11(14)8-10/h4-6,8-9,16H,1,7H2,2-3H3,(H,15,17). The highest BCUT2D eigenvalue weighted by Crippen LogP contribution is 2.27. The molecular weight excluding hydrogens is 296 g/mol. The zero-order chi connectivity index (χ0) is 13.5. The molecule has 0 radical (unpaired) electrons. The summed E-state index contributed by atoms with van der Waals surface area (Å²) in [4.78, 5) is 11.7. The summed E-state index contributed by atoms with van der Waals surface area (Å²) in [5.41, 5.74) is 0.851. The van der Waals surface area contributed by atoms with Crippen LogP contribution in [0.1, 0.15) is 6.92 Å². The molecule has 0 aliphatic rings. The molecular formula is C13H17BrN2O2. The SMILES string of the molecule is C=CCNC(=O)C(C)Nc1ccc(OC)c(Br)c1. The maximum absolute atomic E-state index is 11.7. The van der Waals surface area contributed by atoms with Crippen LogP contribution in [0.4, 0.5) is 5.69 Å². The summed E-state index contributed by atoms with van der Waals surface area (Å²) in [6, 6.07) is 5.25. The third kappa shape index (κ3) is 4.07. The molecule has 0 bridgehead atoms. The number of methoxy groups -OCH3 is 1. The van der Waals surface area contributed by atoms with Gasteiger partial charge in [-0.3, -0.25) is 4.79 Å². The molecule has 4 nitrogen and oxygen atoms in total. The Bertz CT molecular complexity index is 435. The highest BCUT2D eigenvalue weighted by atomic mass is 79.9. The van der Waals surface area contributed by atoms with Crippen molar-refractivity contribution >= 4 is 27.5 Å². The van der Waals surface area contributed by atoms with Gasteiger partial charge in [0.2, 0.25) is 5.91 Å². The Labute approximate surface area is 116 Å². The number of carbonyl (C=O) groups is 1. The minimum Gasteiger partial charge on any atom is -0.496 e. The van der Waals surface area contributed by atoms with Crippen molar-refractivity contribution in [1.29, 1.82) is 0 Å². The van der Waals surface area contributed by atoms with Gasteiger partial charge in [-0.1, -0.05) is 6.08 Å². The molecule has 5 heteroatoms. The lowest BCUT2D eigenvalue weighted by Gasteiger charge is -2.15. The van der Waals surface area contributed by atoms with Crippen molar-refractivity contribution in [2.24, 2.45) is 0 Å². The van der Waals surface area contributed by atoms with Crippen LogP contribution in [0.15, 0.2) is 35.3 Å². The Hall–Kier alpha value is -1.49. The molecule has 0 spiro atoms. The molecule has 98 valence electrons. The first-order chi connectivity index (χ1) is 8.58. The second-order valence-electron chi connectivity index (χ2n) is 3.75. The van der Waals surface area contributed by atoms with E-state index in [1.54, 1.807) is 20.1 Å². The molecule has 18 heavy (non-hydrogen) atoms. The van der Waals surface area contributed by atoms with Crippen molar-refractivity contribution in [3.63, 3.8) is 0 Å². The third-order valence-electron chi connectivity index (χ3n) is 2.35. The van der Waals surface area contributed by atoms with Crippen molar-refractivity contribution in [2.45, 2.75) is 13.0 Å². The van der Waals surface area contributed by atoms with E-state index < -0.39 is 0 Å². The summed E-state index contributed by atoms with van der Waals surface area (Å²) in [6.45, 7) is 5.82. The normalized spacial score (nSPS) is 11.5. The van der Waals surface area contributed by atoms with E-state index in [2.05, 4.69) is 33.1 Å². The zero-order valence-corrected chi connectivity index (χ0v) is 12.1. The second kappa shape index (κ2) is 7.06. The van der Waals surface area contributed by atoms with Gasteiger partial charge in [0.05, 0.1) is 11.6 Å². The van der Waals surface area contributed by atoms with Crippen LogP contribution >= 0.6 is 15.9 Å². The molecule has 1 aromatic rings. The molecule has 1 atom stereocenters. The van der Waals surface area contributed by atoms with Crippen LogP contribution in [0, 0.1) is 0 Å². The number of anilines is 1. The number of benzene rings is 1. The van der Waals surface area contributed by atoms with Gasteiger partial charge in [0.25, 0.3) is 0 Å². The minimum atomic E-state index is -0.315. The Balaban J connectivity index is 2.64. The Morgan fingerprint density at radius 3 is 2.89 bits per heavy atom. The van der Waals surface area contributed by atoms with Gasteiger partial charge in [0.1, 0.15) is 11.8 Å². The molecule has 1 amide bonds. The van der Waals surface area contributed by atoms with E-state index in [9.17, 15) is 4.79 Å². The summed E-state index contributed by atoms with van der Waals surface area (Å²) in [7, 11) is 1.61. The lowest BCUT2D eigenvalue weighted by atomic mass is 10.2. The number of hydrogen-bond acceptors (Lipinski definition) is 3. The number of rotatable bonds is 6. The van der Waals surface area contributed by atoms with Crippen LogP contribution < -0.4 is 15.4 Å². The van der Waals surface area contributed by atoms with Gasteiger partial charge in [-0.15, -0.1) is 6.58 Å². The van der Waals surface area contributed by atoms with Crippen LogP contribution in [0.25, 0.3) is 0 Å². The van der Waals surface area contributed by atoms with E-state index in [4.69, 9.17) is 4.74 Å². The molecule has 0 saturated carbocycles. The second-order valence-corrected chi connectivity index (χ2v) is 4.60. The van der Waals surface area contributed by atoms with E-state index in [1.165, 1.54) is 0 Å². The first-order valence-corrected chi connectivity index (χ1v) is 6.36. The fraction of sp³-hybridized carbons (Fsp3) is 0.308. The van der Waals surface area contributed by atoms with Gasteiger partial charge in [-0.05, 0) is 41.1 Å². The Kier molecular flexibility index (Phi) is 5.71. The van der Waals surface area contributed by atoms with Crippen LogP contribution in [0.5, 0.6) is 5.75 Å². The number of amides is 1. The van der Waals surface area contributed by atoms with Crippen molar-refractivity contribution in [3.05, 3.63) is 35.3 Å². The first-order valence-electron chi connectivity index (χ1n) is 5.57. The van der Waals surface area contributed by atoms with Gasteiger partial charge >= 0.3 is 0 Å². The number of carbonyl (C=O) groups excluding carboxylic acids is 1. The maximum Gasteiger partial charge on any atom is 0.242 e. The topological polar surface area (TPSA) is 50.4 Å². The minimum absolute atomic E-state index is 0.0677. The molecule has 1 rings (SSSR count).